The van der Waals surface area contributed by atoms with E-state index in [4.69, 9.17) is 4.74 Å². The fourth-order valence-electron chi connectivity index (χ4n) is 2.92. The van der Waals surface area contributed by atoms with E-state index in [1.807, 2.05) is 18.2 Å². The Kier molecular flexibility index (Phi) is 5.34. The molecule has 0 aliphatic rings. The minimum atomic E-state index is -0.299. The van der Waals surface area contributed by atoms with Gasteiger partial charge in [-0.3, -0.25) is 19.6 Å². The Hall–Kier alpha value is -4.26. The third-order valence-corrected chi connectivity index (χ3v) is 4.38. The Morgan fingerprint density at radius 1 is 0.833 bits per heavy atom. The van der Waals surface area contributed by atoms with Gasteiger partial charge in [-0.05, 0) is 42.5 Å². The average molecular weight is 398 g/mol. The Balaban J connectivity index is 1.50. The number of anilines is 1. The molecule has 4 rings (SSSR count). The molecule has 0 unspecified atom stereocenters. The first-order valence-electron chi connectivity index (χ1n) is 9.24. The van der Waals surface area contributed by atoms with E-state index < -0.39 is 0 Å². The molecule has 7 heteroatoms. The largest absolute Gasteiger partial charge is 0.457 e. The van der Waals surface area contributed by atoms with Gasteiger partial charge in [0.2, 0.25) is 0 Å². The molecule has 0 saturated carbocycles. The summed E-state index contributed by atoms with van der Waals surface area (Å²) in [5.74, 6) is 0.453. The molecule has 0 saturated heterocycles. The first-order valence-corrected chi connectivity index (χ1v) is 9.24. The predicted molar refractivity (Wildman–Crippen MR) is 114 cm³/mol. The van der Waals surface area contributed by atoms with Crippen molar-refractivity contribution in [2.45, 2.75) is 0 Å². The molecule has 2 aromatic carbocycles. The summed E-state index contributed by atoms with van der Waals surface area (Å²) in [6.07, 6.45) is 3.22. The maximum atomic E-state index is 12.7. The Morgan fingerprint density at radius 2 is 1.70 bits per heavy atom. The number of rotatable bonds is 5. The first-order chi connectivity index (χ1) is 14.6. The highest BCUT2D eigenvalue weighted by atomic mass is 16.5. The Labute approximate surface area is 172 Å². The predicted octanol–water partition coefficient (Wildman–Crippen LogP) is 4.03. The second kappa shape index (κ2) is 8.40. The van der Waals surface area contributed by atoms with Gasteiger partial charge < -0.3 is 15.4 Å². The lowest BCUT2D eigenvalue weighted by atomic mass is 10.1. The molecule has 0 aliphatic heterocycles. The van der Waals surface area contributed by atoms with E-state index in [2.05, 4.69) is 20.6 Å². The van der Waals surface area contributed by atoms with Gasteiger partial charge >= 0.3 is 0 Å². The third-order valence-electron chi connectivity index (χ3n) is 4.38. The maximum absolute atomic E-state index is 12.7. The lowest BCUT2D eigenvalue weighted by molar-refractivity contribution is 0.0957. The summed E-state index contributed by atoms with van der Waals surface area (Å²) in [5.41, 5.74) is 2.21. The number of fused-ring (bicyclic) bond motifs is 1. The second-order valence-corrected chi connectivity index (χ2v) is 6.45. The number of aromatic nitrogens is 2. The smallest absolute Gasteiger partial charge is 0.269 e. The van der Waals surface area contributed by atoms with Crippen molar-refractivity contribution in [2.75, 3.05) is 12.4 Å². The monoisotopic (exact) mass is 398 g/mol. The van der Waals surface area contributed by atoms with Crippen LogP contribution in [-0.2, 0) is 0 Å². The van der Waals surface area contributed by atoms with Crippen molar-refractivity contribution in [3.8, 4) is 11.5 Å². The van der Waals surface area contributed by atoms with Crippen molar-refractivity contribution in [3.63, 3.8) is 0 Å². The highest BCUT2D eigenvalue weighted by Gasteiger charge is 2.10. The topological polar surface area (TPSA) is 93.2 Å². The van der Waals surface area contributed by atoms with Crippen LogP contribution in [0.25, 0.3) is 10.9 Å². The van der Waals surface area contributed by atoms with Crippen LogP contribution in [0.1, 0.15) is 20.8 Å². The fraction of sp³-hybridized carbons (Fsp3) is 0.0435. The molecule has 2 aromatic heterocycles. The summed E-state index contributed by atoms with van der Waals surface area (Å²) in [7, 11) is 1.54. The van der Waals surface area contributed by atoms with Crippen LogP contribution in [0.5, 0.6) is 11.5 Å². The number of carbonyl (C=O) groups is 2. The van der Waals surface area contributed by atoms with Gasteiger partial charge in [-0.1, -0.05) is 12.1 Å². The highest BCUT2D eigenvalue weighted by molar-refractivity contribution is 6.06. The van der Waals surface area contributed by atoms with Crippen LogP contribution in [0.15, 0.2) is 79.1 Å². The Bertz CT molecular complexity index is 1240. The maximum Gasteiger partial charge on any atom is 0.269 e. The van der Waals surface area contributed by atoms with Crippen molar-refractivity contribution >= 4 is 28.4 Å². The van der Waals surface area contributed by atoms with Gasteiger partial charge in [0.1, 0.15) is 17.2 Å². The summed E-state index contributed by atoms with van der Waals surface area (Å²) in [6, 6.07) is 19.3. The van der Waals surface area contributed by atoms with Gasteiger partial charge in [0, 0.05) is 48.2 Å². The molecule has 4 aromatic rings. The number of amides is 2. The molecule has 0 atom stereocenters. The molecule has 0 bridgehead atoms. The van der Waals surface area contributed by atoms with E-state index >= 15 is 0 Å². The normalized spacial score (nSPS) is 10.4. The number of carbonyl (C=O) groups excluding carboxylic acids is 2. The van der Waals surface area contributed by atoms with Crippen LogP contribution in [-0.4, -0.2) is 28.8 Å². The van der Waals surface area contributed by atoms with Crippen LogP contribution < -0.4 is 15.4 Å². The lowest BCUT2D eigenvalue weighted by Gasteiger charge is -2.10. The van der Waals surface area contributed by atoms with Crippen LogP contribution in [0, 0.1) is 0 Å². The molecule has 7 nitrogen and oxygen atoms in total. The van der Waals surface area contributed by atoms with Gasteiger partial charge in [0.25, 0.3) is 11.8 Å². The molecule has 0 aliphatic carbocycles. The van der Waals surface area contributed by atoms with Crippen molar-refractivity contribution in [1.82, 2.24) is 15.3 Å². The second-order valence-electron chi connectivity index (χ2n) is 6.45. The molecular formula is C23H18N4O3. The number of benzene rings is 2. The van der Waals surface area contributed by atoms with E-state index in [-0.39, 0.29) is 17.5 Å². The number of pyridine rings is 2. The molecule has 2 N–H and O–H groups in total. The summed E-state index contributed by atoms with van der Waals surface area (Å²) < 4.78 is 5.82. The van der Waals surface area contributed by atoms with Crippen molar-refractivity contribution in [1.29, 1.82) is 0 Å². The minimum absolute atomic E-state index is 0.233. The zero-order chi connectivity index (χ0) is 20.9. The fourth-order valence-corrected chi connectivity index (χ4v) is 2.92. The van der Waals surface area contributed by atoms with Crippen LogP contribution >= 0.6 is 0 Å². The summed E-state index contributed by atoms with van der Waals surface area (Å²) in [6.45, 7) is 0. The lowest BCUT2D eigenvalue weighted by Crippen LogP contribution is -2.18. The summed E-state index contributed by atoms with van der Waals surface area (Å²) >= 11 is 0. The van der Waals surface area contributed by atoms with E-state index in [9.17, 15) is 9.59 Å². The minimum Gasteiger partial charge on any atom is -0.457 e. The molecule has 0 fully saturated rings. The van der Waals surface area contributed by atoms with Gasteiger partial charge in [0.05, 0.1) is 5.52 Å². The number of nitrogens with one attached hydrogen (secondary N) is 2. The van der Waals surface area contributed by atoms with E-state index in [0.717, 1.165) is 10.9 Å². The molecular weight excluding hydrogens is 380 g/mol. The molecule has 148 valence electrons. The SMILES string of the molecule is CNC(=O)c1cc(Oc2cccc(NC(=O)c3ccc4ncccc4c3)c2)ccn1. The standard InChI is InChI=1S/C23H18N4O3/c1-24-23(29)21-14-19(9-11-26-21)30-18-6-2-5-17(13-18)27-22(28)16-7-8-20-15(12-16)4-3-10-25-20/h2-14H,1H3,(H,24,29)(H,27,28). The van der Waals surface area contributed by atoms with Crippen LogP contribution in [0.2, 0.25) is 0 Å². The molecule has 0 spiro atoms. The molecule has 30 heavy (non-hydrogen) atoms. The zero-order valence-electron chi connectivity index (χ0n) is 16.1. The zero-order valence-corrected chi connectivity index (χ0v) is 16.1. The van der Waals surface area contributed by atoms with Crippen LogP contribution in [0.3, 0.4) is 0 Å². The summed E-state index contributed by atoms with van der Waals surface area (Å²) in [5, 5.41) is 6.29. The molecule has 0 radical (unpaired) electrons. The van der Waals surface area contributed by atoms with Gasteiger partial charge in [-0.15, -0.1) is 0 Å². The third kappa shape index (κ3) is 4.25. The van der Waals surface area contributed by atoms with Crippen molar-refractivity contribution < 1.29 is 14.3 Å². The van der Waals surface area contributed by atoms with Crippen molar-refractivity contribution in [3.05, 3.63) is 90.4 Å². The van der Waals surface area contributed by atoms with Crippen LogP contribution in [0.4, 0.5) is 5.69 Å². The number of hydrogen-bond acceptors (Lipinski definition) is 5. The van der Waals surface area contributed by atoms with Gasteiger partial charge in [0.15, 0.2) is 0 Å². The quantitative estimate of drug-likeness (QED) is 0.529. The van der Waals surface area contributed by atoms with E-state index in [0.29, 0.717) is 22.7 Å². The first kappa shape index (κ1) is 19.1. The van der Waals surface area contributed by atoms with E-state index in [1.54, 1.807) is 54.7 Å². The highest BCUT2D eigenvalue weighted by Crippen LogP contribution is 2.25. The van der Waals surface area contributed by atoms with E-state index in [1.165, 1.54) is 13.2 Å². The number of hydrogen-bond donors (Lipinski definition) is 2. The van der Waals surface area contributed by atoms with Gasteiger partial charge in [-0.25, -0.2) is 0 Å². The van der Waals surface area contributed by atoms with Gasteiger partial charge in [-0.2, -0.15) is 0 Å². The average Bonchev–Trinajstić information content (AvgIpc) is 2.78. The molecule has 2 amide bonds. The summed E-state index contributed by atoms with van der Waals surface area (Å²) in [4.78, 5) is 32.7. The number of nitrogens with zero attached hydrogens (tertiary/aromatic N) is 2. The molecule has 2 heterocycles. The Morgan fingerprint density at radius 3 is 2.57 bits per heavy atom. The number of ether oxygens (including phenoxy) is 1. The van der Waals surface area contributed by atoms with Crippen molar-refractivity contribution in [2.24, 2.45) is 0 Å².